The molecule has 0 saturated heterocycles. The summed E-state index contributed by atoms with van der Waals surface area (Å²) in [6.07, 6.45) is 0.102. The van der Waals surface area contributed by atoms with Gasteiger partial charge in [-0.05, 0) is 31.8 Å². The molecule has 5 nitrogen and oxygen atoms in total. The fraction of sp³-hybridized carbons (Fsp3) is 0.750. The van der Waals surface area contributed by atoms with Crippen LogP contribution in [0.2, 0.25) is 0 Å². The highest BCUT2D eigenvalue weighted by molar-refractivity contribution is 7.08. The van der Waals surface area contributed by atoms with Crippen molar-refractivity contribution in [2.24, 2.45) is 0 Å². The van der Waals surface area contributed by atoms with Crippen LogP contribution < -0.4 is 5.32 Å². The van der Waals surface area contributed by atoms with Crippen LogP contribution in [0.5, 0.6) is 0 Å². The molecule has 6 heteroatoms. The molecule has 0 aromatic carbocycles. The number of carbonyl (C=O) groups excluding carboxylic acids is 1. The van der Waals surface area contributed by atoms with Gasteiger partial charge in [0.1, 0.15) is 4.88 Å². The number of hydrogen-bond acceptors (Lipinski definition) is 5. The van der Waals surface area contributed by atoms with Crippen LogP contribution in [0.15, 0.2) is 0 Å². The summed E-state index contributed by atoms with van der Waals surface area (Å²) in [5, 5.41) is 16.2. The first kappa shape index (κ1) is 15.0. The van der Waals surface area contributed by atoms with Crippen molar-refractivity contribution < 1.29 is 9.90 Å². The summed E-state index contributed by atoms with van der Waals surface area (Å²) < 4.78 is 3.86. The zero-order valence-electron chi connectivity index (χ0n) is 11.5. The Kier molecular flexibility index (Phi) is 4.81. The van der Waals surface area contributed by atoms with Crippen LogP contribution in [0.1, 0.15) is 56.4 Å². The van der Waals surface area contributed by atoms with Crippen molar-refractivity contribution in [1.82, 2.24) is 14.9 Å². The van der Waals surface area contributed by atoms with Crippen LogP contribution >= 0.6 is 11.5 Å². The molecule has 1 rings (SSSR count). The van der Waals surface area contributed by atoms with E-state index in [0.29, 0.717) is 17.0 Å². The number of rotatable bonds is 4. The second kappa shape index (κ2) is 5.75. The second-order valence-electron chi connectivity index (χ2n) is 5.66. The second-order valence-corrected chi connectivity index (χ2v) is 6.41. The third-order valence-electron chi connectivity index (χ3n) is 2.48. The highest BCUT2D eigenvalue weighted by atomic mass is 32.1. The first-order chi connectivity index (χ1) is 8.21. The van der Waals surface area contributed by atoms with E-state index in [1.54, 1.807) is 6.92 Å². The van der Waals surface area contributed by atoms with Crippen molar-refractivity contribution >= 4 is 17.4 Å². The van der Waals surface area contributed by atoms with Gasteiger partial charge >= 0.3 is 0 Å². The first-order valence-electron chi connectivity index (χ1n) is 6.03. The summed E-state index contributed by atoms with van der Waals surface area (Å²) in [5.74, 6) is -0.164. The standard InChI is InChI=1S/C12H21N3O2S/c1-7(6-8(2)16)13-11(17)9-10(12(3,4)5)14-15-18-9/h7-8,16H,6H2,1-5H3,(H,13,17). The van der Waals surface area contributed by atoms with Gasteiger partial charge in [-0.2, -0.15) is 0 Å². The molecule has 1 aromatic rings. The number of amides is 1. The average Bonchev–Trinajstić information content (AvgIpc) is 2.62. The zero-order chi connectivity index (χ0) is 13.9. The van der Waals surface area contributed by atoms with Crippen molar-refractivity contribution in [3.8, 4) is 0 Å². The van der Waals surface area contributed by atoms with Crippen LogP contribution in [-0.4, -0.2) is 32.7 Å². The van der Waals surface area contributed by atoms with Crippen molar-refractivity contribution in [2.75, 3.05) is 0 Å². The molecule has 2 atom stereocenters. The molecule has 1 amide bonds. The molecule has 102 valence electrons. The van der Waals surface area contributed by atoms with E-state index < -0.39 is 6.10 Å². The van der Waals surface area contributed by atoms with Gasteiger partial charge < -0.3 is 10.4 Å². The van der Waals surface area contributed by atoms with Gasteiger partial charge in [0, 0.05) is 11.5 Å². The lowest BCUT2D eigenvalue weighted by Crippen LogP contribution is -2.35. The number of aliphatic hydroxyl groups excluding tert-OH is 1. The predicted octanol–water partition coefficient (Wildman–Crippen LogP) is 1.72. The topological polar surface area (TPSA) is 75.1 Å². The van der Waals surface area contributed by atoms with Crippen LogP contribution in [0, 0.1) is 0 Å². The molecule has 0 fully saturated rings. The number of nitrogens with zero attached hydrogens (tertiary/aromatic N) is 2. The molecule has 1 aromatic heterocycles. The first-order valence-corrected chi connectivity index (χ1v) is 6.81. The Bertz CT molecular complexity index is 410. The molecule has 0 aliphatic carbocycles. The van der Waals surface area contributed by atoms with Crippen molar-refractivity contribution in [2.45, 2.75) is 58.6 Å². The van der Waals surface area contributed by atoms with E-state index in [0.717, 1.165) is 11.5 Å². The van der Waals surface area contributed by atoms with Gasteiger partial charge in [-0.25, -0.2) is 0 Å². The Morgan fingerprint density at radius 1 is 1.44 bits per heavy atom. The minimum Gasteiger partial charge on any atom is -0.393 e. The smallest absolute Gasteiger partial charge is 0.265 e. The monoisotopic (exact) mass is 271 g/mol. The summed E-state index contributed by atoms with van der Waals surface area (Å²) in [7, 11) is 0. The van der Waals surface area contributed by atoms with E-state index in [9.17, 15) is 9.90 Å². The molecule has 18 heavy (non-hydrogen) atoms. The van der Waals surface area contributed by atoms with Gasteiger partial charge in [0.15, 0.2) is 0 Å². The van der Waals surface area contributed by atoms with Crippen molar-refractivity contribution in [3.63, 3.8) is 0 Å². The van der Waals surface area contributed by atoms with Crippen molar-refractivity contribution in [3.05, 3.63) is 10.6 Å². The Hall–Kier alpha value is -1.01. The number of nitrogens with one attached hydrogen (secondary N) is 1. The summed E-state index contributed by atoms with van der Waals surface area (Å²) >= 11 is 1.11. The van der Waals surface area contributed by atoms with E-state index in [1.807, 2.05) is 27.7 Å². The van der Waals surface area contributed by atoms with E-state index in [2.05, 4.69) is 14.9 Å². The molecular formula is C12H21N3O2S. The summed E-state index contributed by atoms with van der Waals surface area (Å²) in [6, 6.07) is -0.0765. The van der Waals surface area contributed by atoms with Crippen LogP contribution in [0.4, 0.5) is 0 Å². The summed E-state index contributed by atoms with van der Waals surface area (Å²) in [6.45, 7) is 9.58. The lowest BCUT2D eigenvalue weighted by molar-refractivity contribution is 0.0924. The maximum Gasteiger partial charge on any atom is 0.265 e. The Morgan fingerprint density at radius 2 is 2.06 bits per heavy atom. The SMILES string of the molecule is CC(O)CC(C)NC(=O)c1snnc1C(C)(C)C. The quantitative estimate of drug-likeness (QED) is 0.874. The van der Waals surface area contributed by atoms with Gasteiger partial charge in [0.2, 0.25) is 0 Å². The largest absolute Gasteiger partial charge is 0.393 e. The molecule has 2 unspecified atom stereocenters. The van der Waals surface area contributed by atoms with E-state index >= 15 is 0 Å². The maximum atomic E-state index is 12.1. The third kappa shape index (κ3) is 4.03. The lowest BCUT2D eigenvalue weighted by atomic mass is 9.91. The molecule has 0 spiro atoms. The predicted molar refractivity (Wildman–Crippen MR) is 71.8 cm³/mol. The highest BCUT2D eigenvalue weighted by Gasteiger charge is 2.26. The molecular weight excluding hydrogens is 250 g/mol. The fourth-order valence-corrected chi connectivity index (χ4v) is 2.47. The fourth-order valence-electron chi connectivity index (χ4n) is 1.69. The number of aromatic nitrogens is 2. The maximum absolute atomic E-state index is 12.1. The molecule has 0 aliphatic rings. The molecule has 0 bridgehead atoms. The number of carbonyl (C=O) groups is 1. The van der Waals surface area contributed by atoms with E-state index in [-0.39, 0.29) is 17.4 Å². The van der Waals surface area contributed by atoms with Crippen LogP contribution in [0.25, 0.3) is 0 Å². The minimum absolute atomic E-state index is 0.0765. The van der Waals surface area contributed by atoms with Crippen LogP contribution in [-0.2, 0) is 5.41 Å². The third-order valence-corrected chi connectivity index (χ3v) is 3.20. The molecule has 1 heterocycles. The van der Waals surface area contributed by atoms with Gasteiger partial charge in [-0.3, -0.25) is 4.79 Å². The summed E-state index contributed by atoms with van der Waals surface area (Å²) in [4.78, 5) is 12.7. The average molecular weight is 271 g/mol. The summed E-state index contributed by atoms with van der Waals surface area (Å²) in [5.41, 5.74) is 0.516. The minimum atomic E-state index is -0.429. The highest BCUT2D eigenvalue weighted by Crippen LogP contribution is 2.25. The Labute approximate surface area is 112 Å². The Balaban J connectivity index is 2.77. The van der Waals surface area contributed by atoms with Gasteiger partial charge in [0.05, 0.1) is 11.8 Å². The van der Waals surface area contributed by atoms with Crippen LogP contribution in [0.3, 0.4) is 0 Å². The molecule has 0 aliphatic heterocycles. The zero-order valence-corrected chi connectivity index (χ0v) is 12.3. The molecule has 2 N–H and O–H groups in total. The van der Waals surface area contributed by atoms with Gasteiger partial charge in [0.25, 0.3) is 5.91 Å². The number of aliphatic hydroxyl groups is 1. The van der Waals surface area contributed by atoms with Crippen molar-refractivity contribution in [1.29, 1.82) is 0 Å². The molecule has 0 radical (unpaired) electrons. The Morgan fingerprint density at radius 3 is 2.56 bits per heavy atom. The van der Waals surface area contributed by atoms with Gasteiger partial charge in [-0.1, -0.05) is 25.3 Å². The van der Waals surface area contributed by atoms with E-state index in [1.165, 1.54) is 0 Å². The van der Waals surface area contributed by atoms with Gasteiger partial charge in [-0.15, -0.1) is 5.10 Å². The molecule has 0 saturated carbocycles. The normalized spacial score (nSPS) is 15.2. The van der Waals surface area contributed by atoms with E-state index in [4.69, 9.17) is 0 Å². The number of hydrogen-bond donors (Lipinski definition) is 2. The lowest BCUT2D eigenvalue weighted by Gasteiger charge is -2.18.